The van der Waals surface area contributed by atoms with Crippen LogP contribution in [-0.4, -0.2) is 129 Å². The van der Waals surface area contributed by atoms with Crippen molar-refractivity contribution in [3.8, 4) is 0 Å². The second-order valence-corrected chi connectivity index (χ2v) is 18.0. The molecule has 2 aromatic heterocycles. The van der Waals surface area contributed by atoms with Crippen LogP contribution < -0.4 is 16.4 Å². The van der Waals surface area contributed by atoms with E-state index in [-0.39, 0.29) is 35.9 Å². The lowest BCUT2D eigenvalue weighted by Crippen LogP contribution is -2.46. The van der Waals surface area contributed by atoms with Crippen LogP contribution in [0.2, 0.25) is 0 Å². The number of carbonyl (C=O) groups is 3. The number of aliphatic hydroxyl groups is 2. The second-order valence-electron chi connectivity index (χ2n) is 13.3. The van der Waals surface area contributed by atoms with Crippen molar-refractivity contribution < 1.29 is 85.6 Å². The topological polar surface area (TPSA) is 384 Å². The number of fused-ring (bicyclic) bond motifs is 1. The average Bonchev–Trinajstić information content (AvgIpc) is 3.65. The van der Waals surface area contributed by atoms with E-state index in [0.717, 1.165) is 17.2 Å². The minimum atomic E-state index is -5.54. The van der Waals surface area contributed by atoms with Crippen LogP contribution >= 0.6 is 36.1 Å². The molecule has 1 saturated heterocycles. The molecule has 2 unspecified atom stereocenters. The number of aliphatic hydroxyl groups excluding tert-OH is 2. The van der Waals surface area contributed by atoms with Crippen molar-refractivity contribution in [2.24, 2.45) is 10.8 Å². The third-order valence-corrected chi connectivity index (χ3v) is 11.3. The Morgan fingerprint density at radius 3 is 2.21 bits per heavy atom. The zero-order valence-electron chi connectivity index (χ0n) is 30.8. The normalized spacial score (nSPS) is 21.6. The van der Waals surface area contributed by atoms with Crippen LogP contribution in [0.25, 0.3) is 11.2 Å². The molecule has 1 aliphatic heterocycles. The molecule has 2 amide bonds. The van der Waals surface area contributed by atoms with Gasteiger partial charge in [-0.1, -0.05) is 20.8 Å². The predicted octanol–water partition coefficient (Wildman–Crippen LogP) is -0.158. The highest BCUT2D eigenvalue weighted by Crippen LogP contribution is 2.61. The third-order valence-electron chi connectivity index (χ3n) is 7.97. The molecular formula is C27H48N7O18P3S. The van der Waals surface area contributed by atoms with Crippen molar-refractivity contribution in [1.29, 1.82) is 0 Å². The number of nitrogens with one attached hydrogen (secondary N) is 2. The highest BCUT2D eigenvalue weighted by atomic mass is 32.1. The summed E-state index contributed by atoms with van der Waals surface area (Å²) in [6.07, 6.45) is -6.06. The van der Waals surface area contributed by atoms with Crippen LogP contribution in [0.15, 0.2) is 12.7 Å². The highest BCUT2D eigenvalue weighted by molar-refractivity contribution is 7.80. The first-order valence-electron chi connectivity index (χ1n) is 16.4. The molecule has 56 heavy (non-hydrogen) atoms. The fraction of sp³-hybridized carbons (Fsp3) is 0.704. The van der Waals surface area contributed by atoms with Gasteiger partial charge in [0.25, 0.3) is 0 Å². The van der Waals surface area contributed by atoms with Crippen molar-refractivity contribution in [2.45, 2.75) is 78.1 Å². The number of carboxylic acids is 1. The molecule has 25 nitrogen and oxygen atoms in total. The summed E-state index contributed by atoms with van der Waals surface area (Å²) in [6, 6.07) is 0. The quantitative estimate of drug-likeness (QED) is 0.0608. The zero-order valence-corrected chi connectivity index (χ0v) is 34.3. The van der Waals surface area contributed by atoms with Crippen molar-refractivity contribution in [3.63, 3.8) is 0 Å². The molecule has 3 heterocycles. The smallest absolute Gasteiger partial charge is 0.481 e. The van der Waals surface area contributed by atoms with E-state index in [1.165, 1.54) is 13.8 Å². The lowest BCUT2D eigenvalue weighted by molar-refractivity contribution is -0.147. The minimum absolute atomic E-state index is 0.0363. The molecule has 320 valence electrons. The molecule has 0 saturated carbocycles. The molecule has 1 fully saturated rings. The van der Waals surface area contributed by atoms with Gasteiger partial charge in [-0.15, -0.1) is 0 Å². The summed E-state index contributed by atoms with van der Waals surface area (Å²) in [5, 5.41) is 34.5. The van der Waals surface area contributed by atoms with E-state index in [0.29, 0.717) is 18.7 Å². The third kappa shape index (κ3) is 14.9. The maximum Gasteiger partial charge on any atom is 0.481 e. The van der Waals surface area contributed by atoms with Crippen LogP contribution in [0.1, 0.15) is 53.7 Å². The SMILES string of the molecule is CC(C)(COP(=O)(O)OP(=O)(O)OC[C@H]1O[C@@H](n2cnc3c(N)ncnc32)[C@H](O)[C@@H]1OP(=O)(O)O)[C@@H](O)C(=O)NCCC(=O)NCCS.CCC(C)(C)C(=O)O. The van der Waals surface area contributed by atoms with Crippen molar-refractivity contribution in [1.82, 2.24) is 30.2 Å². The maximum absolute atomic E-state index is 12.6. The summed E-state index contributed by atoms with van der Waals surface area (Å²) in [5.74, 6) is -1.67. The number of nitrogen functional groups attached to an aromatic ring is 1. The van der Waals surface area contributed by atoms with Crippen LogP contribution in [0.5, 0.6) is 0 Å². The molecule has 0 aliphatic carbocycles. The number of hydrogen-bond acceptors (Lipinski definition) is 18. The summed E-state index contributed by atoms with van der Waals surface area (Å²) in [4.78, 5) is 84.9. The number of aliphatic carboxylic acids is 1. The molecule has 0 aromatic carbocycles. The number of ether oxygens (including phenoxy) is 1. The van der Waals surface area contributed by atoms with Gasteiger partial charge in [-0.2, -0.15) is 16.9 Å². The number of carbonyl (C=O) groups excluding carboxylic acids is 2. The van der Waals surface area contributed by atoms with Gasteiger partial charge in [-0.25, -0.2) is 28.6 Å². The Bertz CT molecular complexity index is 1810. The Hall–Kier alpha value is -2.64. The number of phosphoric acid groups is 3. The van der Waals surface area contributed by atoms with Gasteiger partial charge in [0.15, 0.2) is 17.7 Å². The Kier molecular flexibility index (Phi) is 18.0. The van der Waals surface area contributed by atoms with E-state index in [9.17, 15) is 57.9 Å². The molecule has 29 heteroatoms. The Morgan fingerprint density at radius 1 is 1.04 bits per heavy atom. The number of aromatic nitrogens is 4. The highest BCUT2D eigenvalue weighted by Gasteiger charge is 2.50. The first-order valence-corrected chi connectivity index (χ1v) is 21.6. The predicted molar refractivity (Wildman–Crippen MR) is 195 cm³/mol. The summed E-state index contributed by atoms with van der Waals surface area (Å²) < 4.78 is 61.7. The van der Waals surface area contributed by atoms with Crippen LogP contribution in [0.4, 0.5) is 5.82 Å². The van der Waals surface area contributed by atoms with Crippen molar-refractivity contribution in [3.05, 3.63) is 12.7 Å². The van der Waals surface area contributed by atoms with Gasteiger partial charge < -0.3 is 56.0 Å². The molecule has 2 aromatic rings. The van der Waals surface area contributed by atoms with Crippen molar-refractivity contribution >= 4 is 70.9 Å². The van der Waals surface area contributed by atoms with Gasteiger partial charge in [-0.05, 0) is 20.3 Å². The molecule has 0 radical (unpaired) electrons. The standard InChI is InChI=1S/C21H36N7O16P3S.C6H12O2/c1-21(2,16(31)19(32)24-4-3-12(29)23-5-6-48)8-41-47(38,39)44-46(36,37)40-7-11-15(43-45(33,34)35)14(30)20(42-11)28-10-27-13-17(22)25-9-26-18(13)28;1-4-6(2,3)5(7)8/h9-11,14-16,20,30-31,48H,3-8H2,1-2H3,(H,23,29)(H,24,32)(H,36,37)(H,38,39)(H2,22,25,26)(H2,33,34,35);4H2,1-3H3,(H,7,8)/t11-,14-,15-,16+,20-;/m1./s1. The van der Waals surface area contributed by atoms with E-state index in [1.54, 1.807) is 13.8 Å². The van der Waals surface area contributed by atoms with Gasteiger partial charge >= 0.3 is 29.4 Å². The molecule has 1 aliphatic rings. The Labute approximate surface area is 325 Å². The number of thiol groups is 1. The molecule has 11 N–H and O–H groups in total. The van der Waals surface area contributed by atoms with E-state index >= 15 is 0 Å². The summed E-state index contributed by atoms with van der Waals surface area (Å²) in [6.45, 7) is 6.03. The van der Waals surface area contributed by atoms with Gasteiger partial charge in [0, 0.05) is 30.7 Å². The molecule has 3 rings (SSSR count). The van der Waals surface area contributed by atoms with Gasteiger partial charge in [-0.3, -0.25) is 32.5 Å². The van der Waals surface area contributed by atoms with Gasteiger partial charge in [0.2, 0.25) is 11.8 Å². The van der Waals surface area contributed by atoms with Crippen molar-refractivity contribution in [2.75, 3.05) is 37.8 Å². The second kappa shape index (κ2) is 20.4. The number of phosphoric ester groups is 3. The number of imidazole rings is 1. The first-order chi connectivity index (χ1) is 25.7. The molecule has 7 atom stereocenters. The average molecular weight is 884 g/mol. The zero-order chi connectivity index (χ0) is 42.9. The maximum atomic E-state index is 12.6. The van der Waals surface area contributed by atoms with Crippen LogP contribution in [-0.2, 0) is 50.7 Å². The van der Waals surface area contributed by atoms with Crippen LogP contribution in [0, 0.1) is 10.8 Å². The molecular weight excluding hydrogens is 835 g/mol. The molecule has 0 bridgehead atoms. The van der Waals surface area contributed by atoms with E-state index in [2.05, 4.69) is 47.0 Å². The number of amides is 2. The minimum Gasteiger partial charge on any atom is -0.481 e. The summed E-state index contributed by atoms with van der Waals surface area (Å²) >= 11 is 3.95. The van der Waals surface area contributed by atoms with Crippen LogP contribution in [0.3, 0.4) is 0 Å². The monoisotopic (exact) mass is 883 g/mol. The van der Waals surface area contributed by atoms with E-state index < -0.39 is 90.0 Å². The number of nitrogens with zero attached hydrogens (tertiary/aromatic N) is 4. The summed E-state index contributed by atoms with van der Waals surface area (Å²) in [5.41, 5.74) is 3.76. The summed E-state index contributed by atoms with van der Waals surface area (Å²) in [7, 11) is -16.3. The van der Waals surface area contributed by atoms with E-state index in [1.807, 2.05) is 6.92 Å². The number of anilines is 1. The fourth-order valence-electron chi connectivity index (χ4n) is 4.29. The largest absolute Gasteiger partial charge is 0.481 e. The van der Waals surface area contributed by atoms with Gasteiger partial charge in [0.1, 0.15) is 36.3 Å². The lowest BCUT2D eigenvalue weighted by Gasteiger charge is -2.30. The number of rotatable bonds is 20. The lowest BCUT2D eigenvalue weighted by atomic mass is 9.87. The Balaban J connectivity index is 0.00000122. The first kappa shape index (κ1) is 49.5. The number of nitrogens with two attached hydrogens (primary N) is 1. The molecule has 0 spiro atoms. The number of carboxylic acid groups (broad SMARTS) is 1. The number of hydrogen-bond donors (Lipinski definition) is 11. The fourth-order valence-corrected chi connectivity index (χ4v) is 7.23. The van der Waals surface area contributed by atoms with Gasteiger partial charge in [0.05, 0.1) is 25.0 Å². The van der Waals surface area contributed by atoms with E-state index in [4.69, 9.17) is 24.6 Å². The Morgan fingerprint density at radius 2 is 1.66 bits per heavy atom.